The van der Waals surface area contributed by atoms with Crippen molar-refractivity contribution in [1.82, 2.24) is 5.32 Å². The van der Waals surface area contributed by atoms with Gasteiger partial charge in [-0.2, -0.15) is 13.2 Å². The lowest BCUT2D eigenvalue weighted by Crippen LogP contribution is -2.36. The predicted octanol–water partition coefficient (Wildman–Crippen LogP) is 2.10. The molecule has 0 amide bonds. The van der Waals surface area contributed by atoms with E-state index in [1.165, 1.54) is 12.1 Å². The molecule has 1 rings (SSSR count). The van der Waals surface area contributed by atoms with Crippen LogP contribution in [0.1, 0.15) is 31.1 Å². The first-order valence-electron chi connectivity index (χ1n) is 5.88. The maximum Gasteiger partial charge on any atom is 0.416 e. The third-order valence-corrected chi connectivity index (χ3v) is 2.49. The van der Waals surface area contributed by atoms with Crippen LogP contribution in [0.25, 0.3) is 0 Å². The van der Waals surface area contributed by atoms with Crippen molar-refractivity contribution in [2.45, 2.75) is 31.7 Å². The summed E-state index contributed by atoms with van der Waals surface area (Å²) in [4.78, 5) is 0. The van der Waals surface area contributed by atoms with Crippen molar-refractivity contribution in [3.05, 3.63) is 35.4 Å². The Labute approximate surface area is 110 Å². The second kappa shape index (κ2) is 5.90. The van der Waals surface area contributed by atoms with Gasteiger partial charge in [-0.25, -0.2) is 0 Å². The summed E-state index contributed by atoms with van der Waals surface area (Å²) in [5.74, 6) is 0. The molecule has 1 aromatic carbocycles. The second-order valence-electron chi connectivity index (χ2n) is 5.08. The summed E-state index contributed by atoms with van der Waals surface area (Å²) >= 11 is 0. The van der Waals surface area contributed by atoms with Crippen molar-refractivity contribution in [3.8, 4) is 0 Å². The van der Waals surface area contributed by atoms with Gasteiger partial charge in [-0.1, -0.05) is 12.1 Å². The summed E-state index contributed by atoms with van der Waals surface area (Å²) in [5, 5.41) is 22.1. The lowest BCUT2D eigenvalue weighted by molar-refractivity contribution is -0.137. The average Bonchev–Trinajstić information content (AvgIpc) is 2.26. The zero-order chi connectivity index (χ0) is 14.7. The van der Waals surface area contributed by atoms with Gasteiger partial charge >= 0.3 is 6.18 Å². The molecule has 108 valence electrons. The smallest absolute Gasteiger partial charge is 0.389 e. The Morgan fingerprint density at radius 2 is 1.89 bits per heavy atom. The number of halogens is 3. The maximum absolute atomic E-state index is 12.5. The molecule has 1 unspecified atom stereocenters. The highest BCUT2D eigenvalue weighted by Crippen LogP contribution is 2.30. The molecule has 0 fully saturated rings. The van der Waals surface area contributed by atoms with Gasteiger partial charge < -0.3 is 15.5 Å². The Morgan fingerprint density at radius 3 is 2.42 bits per heavy atom. The van der Waals surface area contributed by atoms with Crippen LogP contribution in [-0.4, -0.2) is 28.9 Å². The summed E-state index contributed by atoms with van der Waals surface area (Å²) in [6, 6.07) is 4.58. The van der Waals surface area contributed by atoms with Crippen LogP contribution in [0.5, 0.6) is 0 Å². The molecule has 0 aliphatic heterocycles. The second-order valence-corrected chi connectivity index (χ2v) is 5.08. The molecular weight excluding hydrogens is 259 g/mol. The number of benzene rings is 1. The van der Waals surface area contributed by atoms with Gasteiger partial charge in [0.15, 0.2) is 0 Å². The normalized spacial score (nSPS) is 14.5. The molecule has 0 aliphatic rings. The van der Waals surface area contributed by atoms with Gasteiger partial charge in [0.1, 0.15) is 0 Å². The lowest BCUT2D eigenvalue weighted by Gasteiger charge is -2.20. The quantitative estimate of drug-likeness (QED) is 0.772. The van der Waals surface area contributed by atoms with Crippen LogP contribution in [-0.2, 0) is 6.18 Å². The standard InChI is InChI=1S/C13H18F3NO2/c1-12(2,19)8-17-7-11(18)9-4-3-5-10(6-9)13(14,15)16/h3-6,11,17-19H,7-8H2,1-2H3. The minimum atomic E-state index is -4.42. The van der Waals surface area contributed by atoms with Crippen molar-refractivity contribution in [1.29, 1.82) is 0 Å². The molecule has 0 aliphatic carbocycles. The summed E-state index contributed by atoms with van der Waals surface area (Å²) in [6.45, 7) is 3.50. The van der Waals surface area contributed by atoms with E-state index in [-0.39, 0.29) is 18.7 Å². The molecule has 0 bridgehead atoms. The van der Waals surface area contributed by atoms with Crippen molar-refractivity contribution >= 4 is 0 Å². The molecule has 3 nitrogen and oxygen atoms in total. The minimum absolute atomic E-state index is 0.0747. The Bertz CT molecular complexity index is 413. The van der Waals surface area contributed by atoms with Gasteiger partial charge in [0.2, 0.25) is 0 Å². The SMILES string of the molecule is CC(C)(O)CNCC(O)c1cccc(C(F)(F)F)c1. The van der Waals surface area contributed by atoms with Crippen LogP contribution >= 0.6 is 0 Å². The zero-order valence-electron chi connectivity index (χ0n) is 10.8. The number of nitrogens with one attached hydrogen (secondary N) is 1. The van der Waals surface area contributed by atoms with E-state index in [0.29, 0.717) is 0 Å². The largest absolute Gasteiger partial charge is 0.416 e. The number of alkyl halides is 3. The fourth-order valence-electron chi connectivity index (χ4n) is 1.55. The first-order chi connectivity index (χ1) is 8.59. The predicted molar refractivity (Wildman–Crippen MR) is 65.6 cm³/mol. The number of aliphatic hydroxyl groups is 2. The van der Waals surface area contributed by atoms with E-state index in [4.69, 9.17) is 0 Å². The molecule has 19 heavy (non-hydrogen) atoms. The molecule has 1 aromatic rings. The molecule has 0 saturated heterocycles. The molecule has 0 saturated carbocycles. The Hall–Kier alpha value is -1.11. The van der Waals surface area contributed by atoms with Crippen LogP contribution in [0.2, 0.25) is 0 Å². The monoisotopic (exact) mass is 277 g/mol. The molecule has 3 N–H and O–H groups in total. The van der Waals surface area contributed by atoms with E-state index < -0.39 is 23.4 Å². The average molecular weight is 277 g/mol. The van der Waals surface area contributed by atoms with Crippen LogP contribution in [0.4, 0.5) is 13.2 Å². The van der Waals surface area contributed by atoms with Gasteiger partial charge in [-0.15, -0.1) is 0 Å². The van der Waals surface area contributed by atoms with E-state index in [0.717, 1.165) is 12.1 Å². The zero-order valence-corrected chi connectivity index (χ0v) is 10.8. The first-order valence-corrected chi connectivity index (χ1v) is 5.88. The Kier molecular flexibility index (Phi) is 4.95. The highest BCUT2D eigenvalue weighted by atomic mass is 19.4. The maximum atomic E-state index is 12.5. The van der Waals surface area contributed by atoms with Gasteiger partial charge in [0.05, 0.1) is 17.3 Å². The van der Waals surface area contributed by atoms with Crippen molar-refractivity contribution in [2.24, 2.45) is 0 Å². The number of rotatable bonds is 5. The number of hydrogen-bond acceptors (Lipinski definition) is 3. The minimum Gasteiger partial charge on any atom is -0.389 e. The highest BCUT2D eigenvalue weighted by molar-refractivity contribution is 5.27. The van der Waals surface area contributed by atoms with E-state index in [1.807, 2.05) is 0 Å². The summed E-state index contributed by atoms with van der Waals surface area (Å²) in [7, 11) is 0. The molecule has 0 spiro atoms. The summed E-state index contributed by atoms with van der Waals surface area (Å²) in [5.41, 5.74) is -1.53. The van der Waals surface area contributed by atoms with Gasteiger partial charge in [0, 0.05) is 13.1 Å². The molecule has 0 radical (unpaired) electrons. The van der Waals surface area contributed by atoms with E-state index in [2.05, 4.69) is 5.32 Å². The molecule has 0 heterocycles. The summed E-state index contributed by atoms with van der Waals surface area (Å²) in [6.07, 6.45) is -5.47. The van der Waals surface area contributed by atoms with Gasteiger partial charge in [0.25, 0.3) is 0 Å². The first kappa shape index (κ1) is 15.9. The Balaban J connectivity index is 2.65. The number of hydrogen-bond donors (Lipinski definition) is 3. The van der Waals surface area contributed by atoms with Crippen molar-refractivity contribution < 1.29 is 23.4 Å². The summed E-state index contributed by atoms with van der Waals surface area (Å²) < 4.78 is 37.5. The molecule has 6 heteroatoms. The lowest BCUT2D eigenvalue weighted by atomic mass is 10.1. The molecular formula is C13H18F3NO2. The van der Waals surface area contributed by atoms with Crippen LogP contribution in [0, 0.1) is 0 Å². The van der Waals surface area contributed by atoms with Crippen LogP contribution in [0.15, 0.2) is 24.3 Å². The van der Waals surface area contributed by atoms with Gasteiger partial charge in [-0.3, -0.25) is 0 Å². The topological polar surface area (TPSA) is 52.5 Å². The van der Waals surface area contributed by atoms with Crippen LogP contribution in [0.3, 0.4) is 0 Å². The third-order valence-electron chi connectivity index (χ3n) is 2.49. The fourth-order valence-corrected chi connectivity index (χ4v) is 1.55. The number of aliphatic hydroxyl groups excluding tert-OH is 1. The van der Waals surface area contributed by atoms with E-state index >= 15 is 0 Å². The highest BCUT2D eigenvalue weighted by Gasteiger charge is 2.30. The Morgan fingerprint density at radius 1 is 1.26 bits per heavy atom. The van der Waals surface area contributed by atoms with Crippen LogP contribution < -0.4 is 5.32 Å². The van der Waals surface area contributed by atoms with E-state index in [1.54, 1.807) is 13.8 Å². The van der Waals surface area contributed by atoms with Gasteiger partial charge in [-0.05, 0) is 31.5 Å². The molecule has 0 aromatic heterocycles. The fraction of sp³-hybridized carbons (Fsp3) is 0.538. The van der Waals surface area contributed by atoms with Crippen molar-refractivity contribution in [3.63, 3.8) is 0 Å². The van der Waals surface area contributed by atoms with Crippen molar-refractivity contribution in [2.75, 3.05) is 13.1 Å². The molecule has 1 atom stereocenters. The third kappa shape index (κ3) is 5.59. The van der Waals surface area contributed by atoms with E-state index in [9.17, 15) is 23.4 Å².